The standard InChI is InChI=1S/C14H9N3/c15-9-10-6-7-12-13(8-10)16-17-14(12)11-4-2-1-3-5-11/h1-8H,(H,16,17). The second-order valence-corrected chi connectivity index (χ2v) is 3.81. The zero-order valence-corrected chi connectivity index (χ0v) is 9.01. The molecule has 0 saturated heterocycles. The van der Waals surface area contributed by atoms with Gasteiger partial charge in [-0.1, -0.05) is 30.3 Å². The van der Waals surface area contributed by atoms with Crippen LogP contribution in [0.4, 0.5) is 0 Å². The molecule has 0 unspecified atom stereocenters. The molecular weight excluding hydrogens is 210 g/mol. The van der Waals surface area contributed by atoms with E-state index in [-0.39, 0.29) is 0 Å². The molecule has 0 atom stereocenters. The lowest BCUT2D eigenvalue weighted by Gasteiger charge is -1.96. The SMILES string of the molecule is N#Cc1ccc2c(-c3ccccc3)n[nH]c2c1. The second-order valence-electron chi connectivity index (χ2n) is 3.81. The van der Waals surface area contributed by atoms with E-state index in [0.29, 0.717) is 5.56 Å². The largest absolute Gasteiger partial charge is 0.277 e. The summed E-state index contributed by atoms with van der Waals surface area (Å²) in [6.45, 7) is 0. The van der Waals surface area contributed by atoms with Crippen molar-refractivity contribution in [3.05, 3.63) is 54.1 Å². The summed E-state index contributed by atoms with van der Waals surface area (Å²) < 4.78 is 0. The molecule has 0 bridgehead atoms. The third-order valence-electron chi connectivity index (χ3n) is 2.74. The highest BCUT2D eigenvalue weighted by Gasteiger charge is 2.07. The summed E-state index contributed by atoms with van der Waals surface area (Å²) in [4.78, 5) is 0. The van der Waals surface area contributed by atoms with Crippen LogP contribution in [0.5, 0.6) is 0 Å². The van der Waals surface area contributed by atoms with Crippen LogP contribution in [0.3, 0.4) is 0 Å². The van der Waals surface area contributed by atoms with Crippen molar-refractivity contribution in [1.82, 2.24) is 10.2 Å². The second kappa shape index (κ2) is 3.76. The summed E-state index contributed by atoms with van der Waals surface area (Å²) in [5.74, 6) is 0. The monoisotopic (exact) mass is 219 g/mol. The van der Waals surface area contributed by atoms with E-state index in [2.05, 4.69) is 16.3 Å². The van der Waals surface area contributed by atoms with Gasteiger partial charge in [-0.25, -0.2) is 0 Å². The number of nitrogens with one attached hydrogen (secondary N) is 1. The van der Waals surface area contributed by atoms with Gasteiger partial charge in [0.2, 0.25) is 0 Å². The fraction of sp³-hybridized carbons (Fsp3) is 0. The summed E-state index contributed by atoms with van der Waals surface area (Å²) in [5, 5.41) is 17.1. The van der Waals surface area contributed by atoms with E-state index in [0.717, 1.165) is 22.2 Å². The zero-order valence-electron chi connectivity index (χ0n) is 9.01. The minimum atomic E-state index is 0.640. The highest BCUT2D eigenvalue weighted by Crippen LogP contribution is 2.26. The molecule has 0 spiro atoms. The van der Waals surface area contributed by atoms with E-state index in [1.807, 2.05) is 48.5 Å². The topological polar surface area (TPSA) is 52.5 Å². The van der Waals surface area contributed by atoms with Gasteiger partial charge < -0.3 is 0 Å². The molecule has 0 aliphatic carbocycles. The summed E-state index contributed by atoms with van der Waals surface area (Å²) in [6.07, 6.45) is 0. The molecule has 80 valence electrons. The van der Waals surface area contributed by atoms with E-state index in [1.165, 1.54) is 0 Å². The maximum atomic E-state index is 8.84. The lowest BCUT2D eigenvalue weighted by Crippen LogP contribution is -1.77. The van der Waals surface area contributed by atoms with Crippen molar-refractivity contribution in [2.45, 2.75) is 0 Å². The molecule has 1 aromatic heterocycles. The lowest BCUT2D eigenvalue weighted by molar-refractivity contribution is 1.12. The first kappa shape index (κ1) is 9.61. The highest BCUT2D eigenvalue weighted by atomic mass is 15.1. The van der Waals surface area contributed by atoms with Crippen LogP contribution in [-0.4, -0.2) is 10.2 Å². The molecule has 0 fully saturated rings. The summed E-state index contributed by atoms with van der Waals surface area (Å²) >= 11 is 0. The van der Waals surface area contributed by atoms with Crippen LogP contribution in [0.25, 0.3) is 22.2 Å². The van der Waals surface area contributed by atoms with Gasteiger partial charge in [0.1, 0.15) is 0 Å². The minimum Gasteiger partial charge on any atom is -0.277 e. The van der Waals surface area contributed by atoms with Crippen LogP contribution in [0.2, 0.25) is 0 Å². The quantitative estimate of drug-likeness (QED) is 0.683. The van der Waals surface area contributed by atoms with Crippen LogP contribution >= 0.6 is 0 Å². The third kappa shape index (κ3) is 1.56. The van der Waals surface area contributed by atoms with E-state index in [1.54, 1.807) is 0 Å². The smallest absolute Gasteiger partial charge is 0.0999 e. The summed E-state index contributed by atoms with van der Waals surface area (Å²) in [5.41, 5.74) is 3.53. The Morgan fingerprint density at radius 2 is 1.88 bits per heavy atom. The van der Waals surface area contributed by atoms with Crippen molar-refractivity contribution in [3.8, 4) is 17.3 Å². The molecule has 3 aromatic rings. The van der Waals surface area contributed by atoms with E-state index >= 15 is 0 Å². The fourth-order valence-electron chi connectivity index (χ4n) is 1.91. The first-order chi connectivity index (χ1) is 8.38. The Labute approximate surface area is 98.3 Å². The van der Waals surface area contributed by atoms with Gasteiger partial charge in [-0.3, -0.25) is 5.10 Å². The van der Waals surface area contributed by atoms with Gasteiger partial charge >= 0.3 is 0 Å². The summed E-state index contributed by atoms with van der Waals surface area (Å²) in [7, 11) is 0. The van der Waals surface area contributed by atoms with Crippen molar-refractivity contribution in [1.29, 1.82) is 5.26 Å². The number of hydrogen-bond donors (Lipinski definition) is 1. The molecule has 1 heterocycles. The molecule has 0 aliphatic rings. The Kier molecular flexibility index (Phi) is 2.13. The average molecular weight is 219 g/mol. The van der Waals surface area contributed by atoms with Crippen LogP contribution in [0.15, 0.2) is 48.5 Å². The number of nitrogens with zero attached hydrogens (tertiary/aromatic N) is 2. The van der Waals surface area contributed by atoms with Crippen LogP contribution in [-0.2, 0) is 0 Å². The van der Waals surface area contributed by atoms with Crippen LogP contribution in [0.1, 0.15) is 5.56 Å². The van der Waals surface area contributed by atoms with Gasteiger partial charge in [-0.2, -0.15) is 10.4 Å². The maximum absolute atomic E-state index is 8.84. The number of benzene rings is 2. The zero-order chi connectivity index (χ0) is 11.7. The van der Waals surface area contributed by atoms with Gasteiger partial charge in [0.05, 0.1) is 22.8 Å². The minimum absolute atomic E-state index is 0.640. The Morgan fingerprint density at radius 3 is 2.65 bits per heavy atom. The molecule has 3 nitrogen and oxygen atoms in total. The normalized spacial score (nSPS) is 10.3. The van der Waals surface area contributed by atoms with Crippen molar-refractivity contribution in [3.63, 3.8) is 0 Å². The Hall–Kier alpha value is -2.60. The van der Waals surface area contributed by atoms with Gasteiger partial charge in [0.15, 0.2) is 0 Å². The predicted molar refractivity (Wildman–Crippen MR) is 66.2 cm³/mol. The maximum Gasteiger partial charge on any atom is 0.0999 e. The Balaban J connectivity index is 2.23. The average Bonchev–Trinajstić information content (AvgIpc) is 2.82. The number of aromatic nitrogens is 2. The first-order valence-electron chi connectivity index (χ1n) is 5.32. The summed E-state index contributed by atoms with van der Waals surface area (Å²) in [6, 6.07) is 17.7. The molecular formula is C14H9N3. The number of H-pyrrole nitrogens is 1. The number of aromatic amines is 1. The van der Waals surface area contributed by atoms with Crippen LogP contribution < -0.4 is 0 Å². The highest BCUT2D eigenvalue weighted by molar-refractivity contribution is 5.93. The Bertz CT molecular complexity index is 705. The predicted octanol–water partition coefficient (Wildman–Crippen LogP) is 3.10. The lowest BCUT2D eigenvalue weighted by atomic mass is 10.1. The number of nitriles is 1. The van der Waals surface area contributed by atoms with E-state index < -0.39 is 0 Å². The molecule has 2 aromatic carbocycles. The fourth-order valence-corrected chi connectivity index (χ4v) is 1.91. The molecule has 0 radical (unpaired) electrons. The molecule has 0 aliphatic heterocycles. The molecule has 0 saturated carbocycles. The first-order valence-corrected chi connectivity index (χ1v) is 5.32. The number of hydrogen-bond acceptors (Lipinski definition) is 2. The van der Waals surface area contributed by atoms with Crippen molar-refractivity contribution >= 4 is 10.9 Å². The van der Waals surface area contributed by atoms with Gasteiger partial charge in [0.25, 0.3) is 0 Å². The van der Waals surface area contributed by atoms with Gasteiger partial charge in [-0.05, 0) is 18.2 Å². The third-order valence-corrected chi connectivity index (χ3v) is 2.74. The number of fused-ring (bicyclic) bond motifs is 1. The van der Waals surface area contributed by atoms with E-state index in [9.17, 15) is 0 Å². The number of rotatable bonds is 1. The molecule has 17 heavy (non-hydrogen) atoms. The van der Waals surface area contributed by atoms with Gasteiger partial charge in [0, 0.05) is 10.9 Å². The molecule has 3 heteroatoms. The molecule has 3 rings (SSSR count). The van der Waals surface area contributed by atoms with Crippen molar-refractivity contribution < 1.29 is 0 Å². The molecule has 1 N–H and O–H groups in total. The molecule has 0 amide bonds. The van der Waals surface area contributed by atoms with Gasteiger partial charge in [-0.15, -0.1) is 0 Å². The van der Waals surface area contributed by atoms with E-state index in [4.69, 9.17) is 5.26 Å². The van der Waals surface area contributed by atoms with Crippen LogP contribution in [0, 0.1) is 11.3 Å². The van der Waals surface area contributed by atoms with Crippen molar-refractivity contribution in [2.75, 3.05) is 0 Å². The Morgan fingerprint density at radius 1 is 1.06 bits per heavy atom. The van der Waals surface area contributed by atoms with Crippen molar-refractivity contribution in [2.24, 2.45) is 0 Å².